The number of benzene rings is 1. The fourth-order valence-electron chi connectivity index (χ4n) is 2.12. The summed E-state index contributed by atoms with van der Waals surface area (Å²) in [5.41, 5.74) is 2.39. The number of nitriles is 1. The van der Waals surface area contributed by atoms with Crippen LogP contribution in [-0.4, -0.2) is 26.8 Å². The van der Waals surface area contributed by atoms with E-state index in [0.29, 0.717) is 0 Å². The van der Waals surface area contributed by atoms with Crippen molar-refractivity contribution in [2.75, 3.05) is 30.4 Å². The van der Waals surface area contributed by atoms with Crippen LogP contribution in [0.3, 0.4) is 0 Å². The molecule has 0 amide bonds. The average molecular weight is 213 g/mol. The maximum absolute atomic E-state index is 8.85. The minimum atomic E-state index is 0.253. The summed E-state index contributed by atoms with van der Waals surface area (Å²) in [6.07, 6.45) is 1.97. The van der Waals surface area contributed by atoms with Crippen LogP contribution in [0.15, 0.2) is 24.3 Å². The van der Waals surface area contributed by atoms with Gasteiger partial charge in [-0.2, -0.15) is 0 Å². The quantitative estimate of drug-likeness (QED) is 0.764. The smallest absolute Gasteiger partial charge is 0.271 e. The van der Waals surface area contributed by atoms with Crippen molar-refractivity contribution in [1.29, 1.82) is 5.26 Å². The van der Waals surface area contributed by atoms with Crippen molar-refractivity contribution in [2.45, 2.75) is 12.6 Å². The Labute approximate surface area is 97.1 Å². The number of hydrogen-bond donors (Lipinski definition) is 1. The molecule has 0 saturated carbocycles. The van der Waals surface area contributed by atoms with E-state index in [1.54, 1.807) is 0 Å². The summed E-state index contributed by atoms with van der Waals surface area (Å²) in [5, 5.41) is 12.0. The van der Waals surface area contributed by atoms with Crippen LogP contribution in [-0.2, 0) is 0 Å². The molecule has 4 heteroatoms. The van der Waals surface area contributed by atoms with Crippen LogP contribution in [0.1, 0.15) is 0 Å². The molecule has 2 rings (SSSR count). The van der Waals surface area contributed by atoms with Crippen LogP contribution >= 0.6 is 0 Å². The first-order valence-corrected chi connectivity index (χ1v) is 5.76. The Morgan fingerprint density at radius 2 is 2.12 bits per heavy atom. The van der Waals surface area contributed by atoms with Gasteiger partial charge in [-0.3, -0.25) is 0 Å². The van der Waals surface area contributed by atoms with Gasteiger partial charge in [0, 0.05) is 37.5 Å². The van der Waals surface area contributed by atoms with Crippen molar-refractivity contribution in [3.05, 3.63) is 24.3 Å². The lowest BCUT2D eigenvalue weighted by Crippen LogP contribution is -2.36. The molecule has 1 aliphatic heterocycles. The molecule has 0 bridgehead atoms. The standard InChI is InChI=1S/C12H16BN3/c1-15-11-3-2-4-12(9-11)16-7-5-13(10-14)6-8-16/h2-4,9,15H,5-8H2,1H3. The maximum Gasteiger partial charge on any atom is 0.271 e. The molecule has 1 aromatic carbocycles. The zero-order chi connectivity index (χ0) is 11.4. The van der Waals surface area contributed by atoms with Crippen molar-refractivity contribution in [1.82, 2.24) is 0 Å². The highest BCUT2D eigenvalue weighted by Gasteiger charge is 2.22. The van der Waals surface area contributed by atoms with Crippen LogP contribution in [0, 0.1) is 11.2 Å². The second-order valence-electron chi connectivity index (χ2n) is 4.19. The van der Waals surface area contributed by atoms with E-state index in [-0.39, 0.29) is 6.71 Å². The van der Waals surface area contributed by atoms with Gasteiger partial charge >= 0.3 is 0 Å². The summed E-state index contributed by atoms with van der Waals surface area (Å²) in [5.74, 6) is 2.36. The number of rotatable bonds is 2. The first-order valence-electron chi connectivity index (χ1n) is 5.76. The number of hydrogen-bond acceptors (Lipinski definition) is 3. The van der Waals surface area contributed by atoms with Gasteiger partial charge < -0.3 is 10.2 Å². The van der Waals surface area contributed by atoms with Crippen molar-refractivity contribution in [3.8, 4) is 5.97 Å². The zero-order valence-corrected chi connectivity index (χ0v) is 9.61. The third kappa shape index (κ3) is 2.30. The molecule has 1 heterocycles. The van der Waals surface area contributed by atoms with Crippen molar-refractivity contribution < 1.29 is 0 Å². The number of nitrogens with one attached hydrogen (secondary N) is 1. The first kappa shape index (κ1) is 10.9. The third-order valence-electron chi connectivity index (χ3n) is 3.18. The van der Waals surface area contributed by atoms with E-state index in [4.69, 9.17) is 5.26 Å². The topological polar surface area (TPSA) is 39.1 Å². The number of nitrogens with zero attached hydrogens (tertiary/aromatic N) is 2. The minimum absolute atomic E-state index is 0.253. The highest BCUT2D eigenvalue weighted by atomic mass is 15.1. The average Bonchev–Trinajstić information content (AvgIpc) is 2.39. The second kappa shape index (κ2) is 4.93. The fraction of sp³-hybridized carbons (Fsp3) is 0.417. The highest BCUT2D eigenvalue weighted by Crippen LogP contribution is 2.23. The molecule has 1 aromatic rings. The Morgan fingerprint density at radius 3 is 2.75 bits per heavy atom. The molecule has 1 fully saturated rings. The van der Waals surface area contributed by atoms with Gasteiger partial charge in [-0.05, 0) is 30.8 Å². The van der Waals surface area contributed by atoms with Crippen LogP contribution in [0.2, 0.25) is 12.6 Å². The van der Waals surface area contributed by atoms with Crippen LogP contribution < -0.4 is 10.2 Å². The molecule has 0 radical (unpaired) electrons. The van der Waals surface area contributed by atoms with E-state index < -0.39 is 0 Å². The molecular formula is C12H16BN3. The van der Waals surface area contributed by atoms with E-state index in [9.17, 15) is 0 Å². The molecule has 0 spiro atoms. The van der Waals surface area contributed by atoms with Gasteiger partial charge in [-0.25, -0.2) is 5.26 Å². The minimum Gasteiger partial charge on any atom is -0.388 e. The summed E-state index contributed by atoms with van der Waals surface area (Å²) < 4.78 is 0. The molecule has 0 aromatic heterocycles. The van der Waals surface area contributed by atoms with Crippen molar-refractivity contribution >= 4 is 18.1 Å². The van der Waals surface area contributed by atoms with Crippen LogP contribution in [0.5, 0.6) is 0 Å². The third-order valence-corrected chi connectivity index (χ3v) is 3.18. The molecule has 0 aliphatic carbocycles. The summed E-state index contributed by atoms with van der Waals surface area (Å²) in [7, 11) is 1.93. The summed E-state index contributed by atoms with van der Waals surface area (Å²) in [6, 6.07) is 8.42. The molecule has 1 saturated heterocycles. The second-order valence-corrected chi connectivity index (χ2v) is 4.19. The molecular weight excluding hydrogens is 197 g/mol. The monoisotopic (exact) mass is 213 g/mol. The van der Waals surface area contributed by atoms with E-state index in [1.807, 2.05) is 7.05 Å². The van der Waals surface area contributed by atoms with Crippen molar-refractivity contribution in [2.24, 2.45) is 0 Å². The predicted molar refractivity (Wildman–Crippen MR) is 69.2 cm³/mol. The molecule has 0 unspecified atom stereocenters. The predicted octanol–water partition coefficient (Wildman–Crippen LogP) is 2.11. The largest absolute Gasteiger partial charge is 0.388 e. The molecule has 3 nitrogen and oxygen atoms in total. The molecule has 16 heavy (non-hydrogen) atoms. The number of anilines is 2. The lowest BCUT2D eigenvalue weighted by Gasteiger charge is -2.30. The van der Waals surface area contributed by atoms with Gasteiger partial charge in [0.05, 0.1) is 0 Å². The van der Waals surface area contributed by atoms with Gasteiger partial charge in [0.25, 0.3) is 6.71 Å². The van der Waals surface area contributed by atoms with Gasteiger partial charge in [0.15, 0.2) is 0 Å². The Morgan fingerprint density at radius 1 is 1.38 bits per heavy atom. The molecule has 0 atom stereocenters. The summed E-state index contributed by atoms with van der Waals surface area (Å²) >= 11 is 0. The lowest BCUT2D eigenvalue weighted by molar-refractivity contribution is 0.822. The maximum atomic E-state index is 8.85. The molecule has 82 valence electrons. The Kier molecular flexibility index (Phi) is 3.35. The zero-order valence-electron chi connectivity index (χ0n) is 9.61. The summed E-state index contributed by atoms with van der Waals surface area (Å²) in [6.45, 7) is 2.24. The highest BCUT2D eigenvalue weighted by molar-refractivity contribution is 6.67. The van der Waals surface area contributed by atoms with Crippen molar-refractivity contribution in [3.63, 3.8) is 0 Å². The first-order chi connectivity index (χ1) is 7.83. The van der Waals surface area contributed by atoms with E-state index in [0.717, 1.165) is 31.4 Å². The molecule has 1 N–H and O–H groups in total. The van der Waals surface area contributed by atoms with Gasteiger partial charge in [0.2, 0.25) is 0 Å². The lowest BCUT2D eigenvalue weighted by atomic mass is 9.45. The summed E-state index contributed by atoms with van der Waals surface area (Å²) in [4.78, 5) is 2.36. The van der Waals surface area contributed by atoms with E-state index in [2.05, 4.69) is 40.5 Å². The van der Waals surface area contributed by atoms with Crippen LogP contribution in [0.4, 0.5) is 11.4 Å². The van der Waals surface area contributed by atoms with Gasteiger partial charge in [-0.15, -0.1) is 0 Å². The van der Waals surface area contributed by atoms with Crippen LogP contribution in [0.25, 0.3) is 0 Å². The Hall–Kier alpha value is -1.63. The Bertz CT molecular complexity index is 391. The Balaban J connectivity index is 2.05. The fourth-order valence-corrected chi connectivity index (χ4v) is 2.12. The van der Waals surface area contributed by atoms with Gasteiger partial charge in [-0.1, -0.05) is 6.07 Å². The molecule has 1 aliphatic rings. The van der Waals surface area contributed by atoms with E-state index >= 15 is 0 Å². The van der Waals surface area contributed by atoms with Gasteiger partial charge in [0.1, 0.15) is 0 Å². The van der Waals surface area contributed by atoms with E-state index in [1.165, 1.54) is 5.69 Å². The SMILES string of the molecule is CNc1cccc(N2CCB(C#N)CC2)c1. The normalized spacial score (nSPS) is 15.8.